The third-order valence-electron chi connectivity index (χ3n) is 5.98. The van der Waals surface area contributed by atoms with Crippen LogP contribution in [-0.2, 0) is 34.4 Å². The van der Waals surface area contributed by atoms with Crippen molar-refractivity contribution in [3.63, 3.8) is 0 Å². The van der Waals surface area contributed by atoms with Crippen molar-refractivity contribution < 1.29 is 31.2 Å². The minimum atomic E-state index is -4.09. The van der Waals surface area contributed by atoms with Crippen molar-refractivity contribution >= 4 is 37.5 Å². The van der Waals surface area contributed by atoms with Crippen molar-refractivity contribution in [2.24, 2.45) is 5.14 Å². The maximum absolute atomic E-state index is 13.6. The lowest BCUT2D eigenvalue weighted by atomic mass is 10.2. The molecule has 188 valence electrons. The Morgan fingerprint density at radius 2 is 1.54 bits per heavy atom. The molecule has 13 heteroatoms. The number of hydrogen-bond donors (Lipinski definition) is 1. The van der Waals surface area contributed by atoms with E-state index in [0.717, 1.165) is 9.21 Å². The van der Waals surface area contributed by atoms with Gasteiger partial charge in [-0.25, -0.2) is 26.9 Å². The maximum atomic E-state index is 13.6. The van der Waals surface area contributed by atoms with Gasteiger partial charge in [0.05, 0.1) is 35.1 Å². The van der Waals surface area contributed by atoms with Crippen LogP contribution in [0, 0.1) is 0 Å². The molecule has 2 aliphatic rings. The first-order valence-corrected chi connectivity index (χ1v) is 13.9. The minimum Gasteiger partial charge on any atom is -0.379 e. The molecule has 0 aliphatic carbocycles. The lowest BCUT2D eigenvalue weighted by Crippen LogP contribution is -2.49. The second kappa shape index (κ2) is 10.1. The highest BCUT2D eigenvalue weighted by molar-refractivity contribution is 7.89. The van der Waals surface area contributed by atoms with Gasteiger partial charge >= 0.3 is 0 Å². The average Bonchev–Trinajstić information content (AvgIpc) is 3.13. The van der Waals surface area contributed by atoms with E-state index in [4.69, 9.17) is 9.88 Å². The molecule has 0 spiro atoms. The Morgan fingerprint density at radius 1 is 0.914 bits per heavy atom. The Kier molecular flexibility index (Phi) is 7.35. The van der Waals surface area contributed by atoms with Crippen LogP contribution in [0.15, 0.2) is 64.4 Å². The molecule has 2 aromatic rings. The predicted octanol–water partition coefficient (Wildman–Crippen LogP) is -0.0110. The zero-order valence-electron chi connectivity index (χ0n) is 18.8. The van der Waals surface area contributed by atoms with E-state index in [0.29, 0.717) is 32.8 Å². The fraction of sp³-hybridized carbons (Fsp3) is 0.364. The van der Waals surface area contributed by atoms with E-state index in [1.807, 2.05) is 4.90 Å². The number of benzene rings is 2. The van der Waals surface area contributed by atoms with Crippen molar-refractivity contribution in [2.75, 3.05) is 44.3 Å². The molecule has 2 amide bonds. The van der Waals surface area contributed by atoms with Gasteiger partial charge in [0, 0.05) is 26.2 Å². The van der Waals surface area contributed by atoms with Crippen LogP contribution in [-0.4, -0.2) is 83.3 Å². The number of nitrogens with zero attached hydrogens (tertiary/aromatic N) is 3. The van der Waals surface area contributed by atoms with Crippen LogP contribution in [0.1, 0.15) is 6.42 Å². The highest BCUT2D eigenvalue weighted by atomic mass is 32.2. The molecule has 0 bridgehead atoms. The second-order valence-corrected chi connectivity index (χ2v) is 11.7. The molecule has 4 rings (SSSR count). The van der Waals surface area contributed by atoms with E-state index < -0.39 is 37.9 Å². The smallest absolute Gasteiger partial charge is 0.252 e. The van der Waals surface area contributed by atoms with Gasteiger partial charge in [0.2, 0.25) is 26.0 Å². The molecule has 0 aromatic heterocycles. The van der Waals surface area contributed by atoms with Crippen LogP contribution in [0.3, 0.4) is 0 Å². The van der Waals surface area contributed by atoms with E-state index in [-0.39, 0.29) is 28.4 Å². The standard InChI is InChI=1S/C22H26N4O7S2/c23-34(29,30)18-8-6-17(7-9-18)26-21(27)16-20(22(26)28)25(11-10-24-12-14-33-15-13-24)35(31,32)19-4-2-1-3-5-19/h1-9,20H,10-16H2,(H2,23,29,30). The zero-order chi connectivity index (χ0) is 25.2. The SMILES string of the molecule is NS(=O)(=O)c1ccc(N2C(=O)CC(N(CCN3CCOCC3)S(=O)(=O)c3ccccc3)C2=O)cc1. The molecule has 0 radical (unpaired) electrons. The quantitative estimate of drug-likeness (QED) is 0.476. The van der Waals surface area contributed by atoms with Gasteiger partial charge < -0.3 is 4.74 Å². The van der Waals surface area contributed by atoms with Gasteiger partial charge in [-0.1, -0.05) is 18.2 Å². The number of rotatable bonds is 8. The van der Waals surface area contributed by atoms with Crippen molar-refractivity contribution in [3.05, 3.63) is 54.6 Å². The summed E-state index contributed by atoms with van der Waals surface area (Å²) in [6.45, 7) is 2.73. The number of amides is 2. The number of primary sulfonamides is 1. The van der Waals surface area contributed by atoms with Gasteiger partial charge in [0.15, 0.2) is 0 Å². The van der Waals surface area contributed by atoms with E-state index in [9.17, 15) is 26.4 Å². The summed E-state index contributed by atoms with van der Waals surface area (Å²) in [4.78, 5) is 29.0. The molecule has 1 atom stereocenters. The molecule has 1 unspecified atom stereocenters. The summed E-state index contributed by atoms with van der Waals surface area (Å²) in [7, 11) is -8.05. The molecule has 2 fully saturated rings. The maximum Gasteiger partial charge on any atom is 0.252 e. The Hall–Kier alpha value is -2.68. The van der Waals surface area contributed by atoms with Gasteiger partial charge in [-0.2, -0.15) is 4.31 Å². The number of anilines is 1. The monoisotopic (exact) mass is 522 g/mol. The summed E-state index contributed by atoms with van der Waals surface area (Å²) >= 11 is 0. The normalized spacial score (nSPS) is 20.1. The average molecular weight is 523 g/mol. The number of nitrogens with two attached hydrogens (primary N) is 1. The van der Waals surface area contributed by atoms with Crippen LogP contribution in [0.25, 0.3) is 0 Å². The van der Waals surface area contributed by atoms with Gasteiger partial charge in [-0.15, -0.1) is 0 Å². The molecule has 2 saturated heterocycles. The lowest BCUT2D eigenvalue weighted by Gasteiger charge is -2.31. The topological polar surface area (TPSA) is 147 Å². The van der Waals surface area contributed by atoms with E-state index >= 15 is 0 Å². The van der Waals surface area contributed by atoms with Crippen molar-refractivity contribution in [3.8, 4) is 0 Å². The summed E-state index contributed by atoms with van der Waals surface area (Å²) in [5.74, 6) is -1.28. The van der Waals surface area contributed by atoms with Crippen molar-refractivity contribution in [2.45, 2.75) is 22.3 Å². The van der Waals surface area contributed by atoms with Crippen LogP contribution < -0.4 is 10.0 Å². The first kappa shape index (κ1) is 25.4. The number of hydrogen-bond acceptors (Lipinski definition) is 8. The molecule has 35 heavy (non-hydrogen) atoms. The summed E-state index contributed by atoms with van der Waals surface area (Å²) < 4.78 is 56.6. The van der Waals surface area contributed by atoms with Crippen molar-refractivity contribution in [1.29, 1.82) is 0 Å². The van der Waals surface area contributed by atoms with E-state index in [1.54, 1.807) is 18.2 Å². The Morgan fingerprint density at radius 3 is 2.14 bits per heavy atom. The summed E-state index contributed by atoms with van der Waals surface area (Å²) in [5.41, 5.74) is 0.139. The fourth-order valence-corrected chi connectivity index (χ4v) is 6.24. The second-order valence-electron chi connectivity index (χ2n) is 8.21. The summed E-state index contributed by atoms with van der Waals surface area (Å²) in [6.07, 6.45) is -0.328. The molecule has 2 N–H and O–H groups in total. The number of carbonyl (C=O) groups excluding carboxylic acids is 2. The molecule has 2 heterocycles. The molecular formula is C22H26N4O7S2. The largest absolute Gasteiger partial charge is 0.379 e. The van der Waals surface area contributed by atoms with Crippen molar-refractivity contribution in [1.82, 2.24) is 9.21 Å². The van der Waals surface area contributed by atoms with Crippen LogP contribution in [0.4, 0.5) is 5.69 Å². The van der Waals surface area contributed by atoms with Crippen LogP contribution in [0.5, 0.6) is 0 Å². The molecule has 11 nitrogen and oxygen atoms in total. The van der Waals surface area contributed by atoms with E-state index in [2.05, 4.69) is 0 Å². The number of carbonyl (C=O) groups is 2. The number of ether oxygens (including phenoxy) is 1. The lowest BCUT2D eigenvalue weighted by molar-refractivity contribution is -0.122. The van der Waals surface area contributed by atoms with Gasteiger partial charge in [0.1, 0.15) is 6.04 Å². The van der Waals surface area contributed by atoms with Gasteiger partial charge in [-0.3, -0.25) is 14.5 Å². The van der Waals surface area contributed by atoms with Gasteiger partial charge in [-0.05, 0) is 36.4 Å². The van der Waals surface area contributed by atoms with Crippen LogP contribution >= 0.6 is 0 Å². The first-order valence-electron chi connectivity index (χ1n) is 11.0. The molecule has 2 aromatic carbocycles. The van der Waals surface area contributed by atoms with E-state index in [1.165, 1.54) is 36.4 Å². The van der Waals surface area contributed by atoms with Gasteiger partial charge in [0.25, 0.3) is 5.91 Å². The molecule has 2 aliphatic heterocycles. The number of imide groups is 1. The zero-order valence-corrected chi connectivity index (χ0v) is 20.4. The van der Waals surface area contributed by atoms with Crippen LogP contribution in [0.2, 0.25) is 0 Å². The first-order chi connectivity index (χ1) is 16.6. The fourth-order valence-electron chi connectivity index (χ4n) is 4.13. The number of sulfonamides is 2. The Balaban J connectivity index is 1.63. The third-order valence-corrected chi connectivity index (χ3v) is 8.84. The summed E-state index contributed by atoms with van der Waals surface area (Å²) in [5, 5.41) is 5.11. The Labute approximate surface area is 204 Å². The highest BCUT2D eigenvalue weighted by Gasteiger charge is 2.47. The third kappa shape index (κ3) is 5.44. The highest BCUT2D eigenvalue weighted by Crippen LogP contribution is 2.30. The number of morpholine rings is 1. The Bertz CT molecular complexity index is 1290. The minimum absolute atomic E-state index is 0.0130. The molecule has 0 saturated carbocycles. The predicted molar refractivity (Wildman–Crippen MR) is 126 cm³/mol. The summed E-state index contributed by atoms with van der Waals surface area (Å²) in [6, 6.07) is 11.5. The molecular weight excluding hydrogens is 496 g/mol.